The van der Waals surface area contributed by atoms with Gasteiger partial charge in [-0.25, -0.2) is 0 Å². The number of ether oxygens (including phenoxy) is 3. The van der Waals surface area contributed by atoms with Crippen molar-refractivity contribution < 1.29 is 23.8 Å². The highest BCUT2D eigenvalue weighted by Gasteiger charge is 2.73. The van der Waals surface area contributed by atoms with Gasteiger partial charge in [0.15, 0.2) is 0 Å². The number of esters is 2. The van der Waals surface area contributed by atoms with Gasteiger partial charge in [0.1, 0.15) is 12.2 Å². The molecule has 5 fully saturated rings. The van der Waals surface area contributed by atoms with Crippen molar-refractivity contribution in [3.8, 4) is 0 Å². The Hall–Kier alpha value is -0.620. The molecule has 0 N–H and O–H groups in total. The summed E-state index contributed by atoms with van der Waals surface area (Å²) in [6, 6.07) is 0. The summed E-state index contributed by atoms with van der Waals surface area (Å²) in [5, 5.41) is 0. The average molecular weight is 497 g/mol. The molecule has 0 amide bonds. The van der Waals surface area contributed by atoms with Gasteiger partial charge in [-0.2, -0.15) is 0 Å². The first-order valence-corrected chi connectivity index (χ1v) is 13.1. The number of alkyl halides is 1. The van der Waals surface area contributed by atoms with Gasteiger partial charge in [0.2, 0.25) is 0 Å². The molecule has 1 saturated heterocycles. The zero-order valence-corrected chi connectivity index (χ0v) is 20.9. The van der Waals surface area contributed by atoms with E-state index in [4.69, 9.17) is 14.2 Å². The van der Waals surface area contributed by atoms with Crippen molar-refractivity contribution in [3.05, 3.63) is 0 Å². The summed E-state index contributed by atoms with van der Waals surface area (Å²) >= 11 is 4.23. The van der Waals surface area contributed by atoms with Gasteiger partial charge in [-0.3, -0.25) is 9.59 Å². The molecule has 0 aromatic heterocycles. The van der Waals surface area contributed by atoms with Crippen LogP contribution in [0.5, 0.6) is 0 Å². The summed E-state index contributed by atoms with van der Waals surface area (Å²) < 4.78 is 18.0. The summed E-state index contributed by atoms with van der Waals surface area (Å²) in [6.07, 6.45) is 8.56. The summed E-state index contributed by atoms with van der Waals surface area (Å²) in [7, 11) is 0. The summed E-state index contributed by atoms with van der Waals surface area (Å²) in [4.78, 5) is 23.5. The van der Waals surface area contributed by atoms with Crippen LogP contribution in [0, 0.1) is 34.5 Å². The van der Waals surface area contributed by atoms with Crippen LogP contribution >= 0.6 is 15.9 Å². The maximum Gasteiger partial charge on any atom is 0.302 e. The average Bonchev–Trinajstić information content (AvgIpc) is 3.05. The molecule has 5 rings (SSSR count). The van der Waals surface area contributed by atoms with Gasteiger partial charge in [0, 0.05) is 31.1 Å². The van der Waals surface area contributed by atoms with Crippen LogP contribution in [0.1, 0.15) is 79.1 Å². The minimum atomic E-state index is -0.180. The molecule has 31 heavy (non-hydrogen) atoms. The molecule has 1 aliphatic heterocycles. The van der Waals surface area contributed by atoms with E-state index in [2.05, 4.69) is 29.8 Å². The Labute approximate surface area is 194 Å². The molecule has 5 nitrogen and oxygen atoms in total. The van der Waals surface area contributed by atoms with E-state index >= 15 is 0 Å². The Morgan fingerprint density at radius 2 is 1.84 bits per heavy atom. The highest BCUT2D eigenvalue weighted by atomic mass is 79.9. The molecule has 4 saturated carbocycles. The van der Waals surface area contributed by atoms with Crippen molar-refractivity contribution in [1.82, 2.24) is 0 Å². The molecule has 1 heterocycles. The molecule has 0 spiro atoms. The molecule has 0 aromatic carbocycles. The van der Waals surface area contributed by atoms with Gasteiger partial charge in [0.25, 0.3) is 0 Å². The van der Waals surface area contributed by atoms with Crippen LogP contribution in [-0.4, -0.2) is 41.2 Å². The minimum Gasteiger partial charge on any atom is -0.463 e. The number of fused-ring (bicyclic) bond motifs is 3. The van der Waals surface area contributed by atoms with Crippen LogP contribution in [0.15, 0.2) is 0 Å². The van der Waals surface area contributed by atoms with Crippen molar-refractivity contribution in [2.75, 3.05) is 6.61 Å². The fourth-order valence-corrected chi connectivity index (χ4v) is 10.4. The number of carbonyl (C=O) groups excluding carboxylic acids is 2. The first-order valence-electron chi connectivity index (χ1n) is 12.3. The predicted molar refractivity (Wildman–Crippen MR) is 120 cm³/mol. The molecule has 174 valence electrons. The van der Waals surface area contributed by atoms with E-state index in [-0.39, 0.29) is 45.4 Å². The Morgan fingerprint density at radius 3 is 2.52 bits per heavy atom. The van der Waals surface area contributed by atoms with Crippen molar-refractivity contribution in [2.45, 2.75) is 102 Å². The van der Waals surface area contributed by atoms with E-state index in [0.29, 0.717) is 23.7 Å². The number of rotatable bonds is 3. The lowest BCUT2D eigenvalue weighted by molar-refractivity contribution is -0.162. The monoisotopic (exact) mass is 496 g/mol. The number of halogens is 1. The fraction of sp³-hybridized carbons (Fsp3) is 0.920. The Kier molecular flexibility index (Phi) is 5.33. The molecule has 2 bridgehead atoms. The normalized spacial score (nSPS) is 52.6. The van der Waals surface area contributed by atoms with E-state index in [1.165, 1.54) is 13.3 Å². The third kappa shape index (κ3) is 3.02. The van der Waals surface area contributed by atoms with E-state index in [1.54, 1.807) is 6.92 Å². The third-order valence-electron chi connectivity index (χ3n) is 10.2. The second kappa shape index (κ2) is 7.44. The second-order valence-electron chi connectivity index (χ2n) is 11.4. The largest absolute Gasteiger partial charge is 0.463 e. The Bertz CT molecular complexity index is 771. The fourth-order valence-electron chi connectivity index (χ4n) is 9.07. The minimum absolute atomic E-state index is 0.0113. The van der Waals surface area contributed by atoms with Crippen molar-refractivity contribution in [1.29, 1.82) is 0 Å². The quantitative estimate of drug-likeness (QED) is 0.404. The SMILES string of the molecule is CC[C@H]1C[C@H](OC(C)=O)[C@@]2(C)CC[C@H]3[C@@H](C[C@H]4OC[C@@]35CC[C@H](OC(C)=O)C[C@]45Br)[C@H]12. The lowest BCUT2D eigenvalue weighted by Gasteiger charge is -2.63. The Balaban J connectivity index is 1.47. The molecule has 5 aliphatic rings. The topological polar surface area (TPSA) is 61.8 Å². The van der Waals surface area contributed by atoms with Crippen molar-refractivity contribution >= 4 is 27.9 Å². The molecule has 0 unspecified atom stereocenters. The van der Waals surface area contributed by atoms with Crippen molar-refractivity contribution in [3.63, 3.8) is 0 Å². The molecule has 10 atom stereocenters. The van der Waals surface area contributed by atoms with Crippen LogP contribution in [0.25, 0.3) is 0 Å². The summed E-state index contributed by atoms with van der Waals surface area (Å²) in [6.45, 7) is 8.59. The molecular weight excluding hydrogens is 460 g/mol. The summed E-state index contributed by atoms with van der Waals surface area (Å²) in [5.41, 5.74) is 0.196. The van der Waals surface area contributed by atoms with Gasteiger partial charge in [-0.15, -0.1) is 0 Å². The van der Waals surface area contributed by atoms with E-state index in [9.17, 15) is 9.59 Å². The Morgan fingerprint density at radius 1 is 1.10 bits per heavy atom. The van der Waals surface area contributed by atoms with E-state index in [0.717, 1.165) is 51.6 Å². The van der Waals surface area contributed by atoms with Gasteiger partial charge >= 0.3 is 11.9 Å². The molecule has 0 radical (unpaired) electrons. The maximum absolute atomic E-state index is 11.9. The highest BCUT2D eigenvalue weighted by molar-refractivity contribution is 9.10. The first-order chi connectivity index (χ1) is 14.6. The number of hydrogen-bond acceptors (Lipinski definition) is 5. The molecule has 6 heteroatoms. The van der Waals surface area contributed by atoms with Crippen LogP contribution in [0.2, 0.25) is 0 Å². The smallest absolute Gasteiger partial charge is 0.302 e. The third-order valence-corrected chi connectivity index (χ3v) is 11.8. The van der Waals surface area contributed by atoms with Crippen molar-refractivity contribution in [2.24, 2.45) is 34.5 Å². The highest BCUT2D eigenvalue weighted by Crippen LogP contribution is 2.73. The van der Waals surface area contributed by atoms with Crippen LogP contribution in [0.3, 0.4) is 0 Å². The van der Waals surface area contributed by atoms with Gasteiger partial charge < -0.3 is 14.2 Å². The summed E-state index contributed by atoms with van der Waals surface area (Å²) in [5.74, 6) is 2.11. The van der Waals surface area contributed by atoms with E-state index in [1.807, 2.05) is 0 Å². The first kappa shape index (κ1) is 22.2. The number of hydrogen-bond donors (Lipinski definition) is 0. The van der Waals surface area contributed by atoms with Gasteiger partial charge in [-0.1, -0.05) is 36.2 Å². The predicted octanol–water partition coefficient (Wildman–Crippen LogP) is 5.03. The van der Waals surface area contributed by atoms with Crippen LogP contribution in [-0.2, 0) is 23.8 Å². The van der Waals surface area contributed by atoms with Crippen LogP contribution < -0.4 is 0 Å². The standard InChI is InChI=1S/C25H37BrO5/c1-5-16-10-20(31-15(3)28)23(4)8-7-19-18(22(16)23)11-21-25(26)12-17(30-14(2)27)6-9-24(19,25)13-29-21/h16-22H,5-13H2,1-4H3/t16-,17-,18+,19-,20-,21+,22-,23+,24-,25-/m0/s1. The number of carbonyl (C=O) groups is 2. The van der Waals surface area contributed by atoms with Crippen LogP contribution in [0.4, 0.5) is 0 Å². The second-order valence-corrected chi connectivity index (χ2v) is 12.8. The zero-order chi connectivity index (χ0) is 22.2. The van der Waals surface area contributed by atoms with Gasteiger partial charge in [0.05, 0.1) is 17.0 Å². The molecule has 4 aliphatic carbocycles. The molecule has 0 aromatic rings. The maximum atomic E-state index is 11.9. The van der Waals surface area contributed by atoms with Gasteiger partial charge in [-0.05, 0) is 62.2 Å². The lowest BCUT2D eigenvalue weighted by Crippen LogP contribution is -2.64. The molecular formula is C25H37BrO5. The van der Waals surface area contributed by atoms with E-state index < -0.39 is 0 Å². The lowest BCUT2D eigenvalue weighted by atomic mass is 9.44. The zero-order valence-electron chi connectivity index (χ0n) is 19.3.